The number of anilines is 1. The van der Waals surface area contributed by atoms with Gasteiger partial charge in [-0.2, -0.15) is 0 Å². The first-order chi connectivity index (χ1) is 13.3. The minimum absolute atomic E-state index is 0.0842. The average molecular weight is 399 g/mol. The van der Waals surface area contributed by atoms with Gasteiger partial charge in [-0.1, -0.05) is 12.1 Å². The molecule has 0 saturated heterocycles. The Morgan fingerprint density at radius 3 is 2.54 bits per heavy atom. The molecule has 1 amide bonds. The molecule has 0 bridgehead atoms. The number of hydrogen-bond acceptors (Lipinski definition) is 5. The van der Waals surface area contributed by atoms with E-state index in [1.165, 1.54) is 11.0 Å². The average Bonchev–Trinajstić information content (AvgIpc) is 2.66. The molecular formula is C20H21N3O4S. The van der Waals surface area contributed by atoms with Crippen molar-refractivity contribution in [2.75, 3.05) is 25.4 Å². The zero-order valence-electron chi connectivity index (χ0n) is 15.8. The molecular weight excluding hydrogens is 378 g/mol. The summed E-state index contributed by atoms with van der Waals surface area (Å²) in [6.45, 7) is 1.82. The maximum absolute atomic E-state index is 12.8. The Morgan fingerprint density at radius 1 is 1.14 bits per heavy atom. The number of amides is 1. The van der Waals surface area contributed by atoms with E-state index in [1.54, 1.807) is 50.6 Å². The molecule has 28 heavy (non-hydrogen) atoms. The van der Waals surface area contributed by atoms with Crippen LogP contribution in [-0.2, 0) is 14.8 Å². The Balaban J connectivity index is 1.79. The van der Waals surface area contributed by atoms with Crippen molar-refractivity contribution in [3.8, 4) is 5.75 Å². The molecule has 146 valence electrons. The van der Waals surface area contributed by atoms with Crippen LogP contribution in [-0.4, -0.2) is 44.9 Å². The van der Waals surface area contributed by atoms with Gasteiger partial charge in [0.1, 0.15) is 10.6 Å². The van der Waals surface area contributed by atoms with E-state index in [0.717, 1.165) is 10.9 Å². The van der Waals surface area contributed by atoms with Crippen LogP contribution in [0, 0.1) is 6.92 Å². The first-order valence-electron chi connectivity index (χ1n) is 8.57. The lowest BCUT2D eigenvalue weighted by Crippen LogP contribution is -2.27. The predicted molar refractivity (Wildman–Crippen MR) is 108 cm³/mol. The summed E-state index contributed by atoms with van der Waals surface area (Å²) in [4.78, 5) is 17.4. The van der Waals surface area contributed by atoms with Crippen molar-refractivity contribution in [2.24, 2.45) is 0 Å². The van der Waals surface area contributed by atoms with Crippen LogP contribution >= 0.6 is 0 Å². The Morgan fingerprint density at radius 2 is 1.86 bits per heavy atom. The summed E-state index contributed by atoms with van der Waals surface area (Å²) in [7, 11) is -0.525. The summed E-state index contributed by atoms with van der Waals surface area (Å²) in [5.41, 5.74) is 1.76. The topological polar surface area (TPSA) is 88.6 Å². The summed E-state index contributed by atoms with van der Waals surface area (Å²) in [6, 6.07) is 13.3. The number of aryl methyl sites for hydroxylation is 1. The molecule has 0 aliphatic carbocycles. The normalized spacial score (nSPS) is 11.2. The Kier molecular flexibility index (Phi) is 5.51. The van der Waals surface area contributed by atoms with Crippen LogP contribution < -0.4 is 9.46 Å². The Bertz CT molecular complexity index is 1110. The number of para-hydroxylation sites is 1. The van der Waals surface area contributed by atoms with E-state index < -0.39 is 10.0 Å². The van der Waals surface area contributed by atoms with Crippen LogP contribution in [0.1, 0.15) is 5.56 Å². The van der Waals surface area contributed by atoms with Crippen LogP contribution in [0.2, 0.25) is 0 Å². The molecule has 3 aromatic rings. The molecule has 7 nitrogen and oxygen atoms in total. The number of likely N-dealkylation sites (N-methyl/N-ethyl adjacent to an activating group) is 1. The van der Waals surface area contributed by atoms with Crippen molar-refractivity contribution in [3.05, 3.63) is 60.3 Å². The number of carbonyl (C=O) groups excluding carboxylic acids is 1. The van der Waals surface area contributed by atoms with Crippen molar-refractivity contribution in [1.29, 1.82) is 0 Å². The Hall–Kier alpha value is -3.13. The molecule has 0 fully saturated rings. The summed E-state index contributed by atoms with van der Waals surface area (Å²) in [5.74, 6) is 0.309. The summed E-state index contributed by atoms with van der Waals surface area (Å²) >= 11 is 0. The number of benzene rings is 2. The number of carbonyl (C=O) groups is 1. The smallest absolute Gasteiger partial charge is 0.264 e. The number of pyridine rings is 1. The number of sulfonamides is 1. The second kappa shape index (κ2) is 7.85. The van der Waals surface area contributed by atoms with Crippen LogP contribution in [0.25, 0.3) is 10.9 Å². The maximum Gasteiger partial charge on any atom is 0.264 e. The molecule has 0 unspecified atom stereocenters. The largest absolute Gasteiger partial charge is 0.484 e. The molecule has 0 atom stereocenters. The quantitative estimate of drug-likeness (QED) is 0.689. The third-order valence-corrected chi connectivity index (χ3v) is 5.48. The van der Waals surface area contributed by atoms with E-state index in [4.69, 9.17) is 4.74 Å². The number of hydrogen-bond donors (Lipinski definition) is 1. The van der Waals surface area contributed by atoms with Gasteiger partial charge in [-0.25, -0.2) is 8.42 Å². The number of nitrogens with zero attached hydrogens (tertiary/aromatic N) is 2. The first-order valence-corrected chi connectivity index (χ1v) is 10.1. The van der Waals surface area contributed by atoms with Crippen molar-refractivity contribution in [1.82, 2.24) is 9.88 Å². The summed E-state index contributed by atoms with van der Waals surface area (Å²) in [6.07, 6.45) is 1.64. The minimum Gasteiger partial charge on any atom is -0.484 e. The highest BCUT2D eigenvalue weighted by molar-refractivity contribution is 7.93. The zero-order valence-corrected chi connectivity index (χ0v) is 16.7. The molecule has 0 saturated carbocycles. The van der Waals surface area contributed by atoms with Gasteiger partial charge in [0.15, 0.2) is 6.61 Å². The second-order valence-corrected chi connectivity index (χ2v) is 8.20. The van der Waals surface area contributed by atoms with Crippen LogP contribution in [0.5, 0.6) is 5.75 Å². The number of ether oxygens (including phenoxy) is 1. The lowest BCUT2D eigenvalue weighted by molar-refractivity contribution is -0.130. The van der Waals surface area contributed by atoms with E-state index in [0.29, 0.717) is 17.0 Å². The SMILES string of the molecule is Cc1cnc2c(S(=O)(=O)Nc3ccc(OCC(=O)N(C)C)cc3)cccc2c1. The standard InChI is InChI=1S/C20H21N3O4S/c1-14-11-15-5-4-6-18(20(15)21-12-14)28(25,26)22-16-7-9-17(10-8-16)27-13-19(24)23(2)3/h4-12,22H,13H2,1-3H3. The zero-order chi connectivity index (χ0) is 20.3. The van der Waals surface area contributed by atoms with Gasteiger partial charge in [0.2, 0.25) is 0 Å². The van der Waals surface area contributed by atoms with Crippen molar-refractivity contribution >= 4 is 32.5 Å². The van der Waals surface area contributed by atoms with Crippen LogP contribution in [0.3, 0.4) is 0 Å². The van der Waals surface area contributed by atoms with Gasteiger partial charge in [0.05, 0.1) is 5.52 Å². The molecule has 0 aliphatic heterocycles. The molecule has 0 aliphatic rings. The fourth-order valence-electron chi connectivity index (χ4n) is 2.56. The van der Waals surface area contributed by atoms with E-state index in [2.05, 4.69) is 9.71 Å². The van der Waals surface area contributed by atoms with Crippen molar-refractivity contribution in [2.45, 2.75) is 11.8 Å². The monoisotopic (exact) mass is 399 g/mol. The Labute approximate surface area is 164 Å². The molecule has 3 rings (SSSR count). The van der Waals surface area contributed by atoms with Gasteiger partial charge in [-0.05, 0) is 48.9 Å². The predicted octanol–water partition coefficient (Wildman–Crippen LogP) is 2.81. The van der Waals surface area contributed by atoms with Crippen molar-refractivity contribution < 1.29 is 17.9 Å². The highest BCUT2D eigenvalue weighted by Gasteiger charge is 2.18. The molecule has 8 heteroatoms. The number of rotatable bonds is 6. The van der Waals surface area contributed by atoms with Gasteiger partial charge >= 0.3 is 0 Å². The van der Waals surface area contributed by atoms with E-state index in [-0.39, 0.29) is 17.4 Å². The fraction of sp³-hybridized carbons (Fsp3) is 0.200. The number of aromatic nitrogens is 1. The van der Waals surface area contributed by atoms with E-state index in [1.807, 2.05) is 19.1 Å². The second-order valence-electron chi connectivity index (χ2n) is 6.55. The van der Waals surface area contributed by atoms with Crippen LogP contribution in [0.15, 0.2) is 59.6 Å². The maximum atomic E-state index is 12.8. The molecule has 1 N–H and O–H groups in total. The van der Waals surface area contributed by atoms with Gasteiger partial charge in [0.25, 0.3) is 15.9 Å². The molecule has 0 radical (unpaired) electrons. The lowest BCUT2D eigenvalue weighted by atomic mass is 10.2. The minimum atomic E-state index is -3.82. The third kappa shape index (κ3) is 4.40. The van der Waals surface area contributed by atoms with Gasteiger partial charge < -0.3 is 9.64 Å². The molecule has 1 heterocycles. The first kappa shape index (κ1) is 19.6. The van der Waals surface area contributed by atoms with E-state index in [9.17, 15) is 13.2 Å². The van der Waals surface area contributed by atoms with Crippen molar-refractivity contribution in [3.63, 3.8) is 0 Å². The number of fused-ring (bicyclic) bond motifs is 1. The third-order valence-electron chi connectivity index (χ3n) is 4.07. The summed E-state index contributed by atoms with van der Waals surface area (Å²) < 4.78 is 33.6. The lowest BCUT2D eigenvalue weighted by Gasteiger charge is -2.12. The van der Waals surface area contributed by atoms with E-state index >= 15 is 0 Å². The van der Waals surface area contributed by atoms with Gasteiger partial charge in [-0.15, -0.1) is 0 Å². The molecule has 2 aromatic carbocycles. The molecule has 1 aromatic heterocycles. The highest BCUT2D eigenvalue weighted by atomic mass is 32.2. The highest BCUT2D eigenvalue weighted by Crippen LogP contribution is 2.25. The number of nitrogens with one attached hydrogen (secondary N) is 1. The summed E-state index contributed by atoms with van der Waals surface area (Å²) in [5, 5.41) is 0.761. The fourth-order valence-corrected chi connectivity index (χ4v) is 3.80. The van der Waals surface area contributed by atoms with Gasteiger partial charge in [0, 0.05) is 31.4 Å². The van der Waals surface area contributed by atoms with Crippen LogP contribution in [0.4, 0.5) is 5.69 Å². The molecule has 0 spiro atoms. The van der Waals surface area contributed by atoms with Gasteiger partial charge in [-0.3, -0.25) is 14.5 Å².